The first-order valence-electron chi connectivity index (χ1n) is 9.09. The van der Waals surface area contributed by atoms with Gasteiger partial charge in [0.25, 0.3) is 0 Å². The van der Waals surface area contributed by atoms with Crippen molar-refractivity contribution in [3.63, 3.8) is 0 Å². The molecule has 1 fully saturated rings. The van der Waals surface area contributed by atoms with E-state index in [2.05, 4.69) is 20.5 Å². The zero-order chi connectivity index (χ0) is 17.8. The van der Waals surface area contributed by atoms with Crippen LogP contribution in [0.15, 0.2) is 4.99 Å². The Hall–Kier alpha value is -0.160. The lowest BCUT2D eigenvalue weighted by molar-refractivity contribution is -0.0180. The highest BCUT2D eigenvalue weighted by Gasteiger charge is 2.25. The predicted molar refractivity (Wildman–Crippen MR) is 113 cm³/mol. The Kier molecular flexibility index (Phi) is 13.9. The Morgan fingerprint density at radius 1 is 1.32 bits per heavy atom. The van der Waals surface area contributed by atoms with E-state index in [0.717, 1.165) is 58.4 Å². The Morgan fingerprint density at radius 2 is 2.00 bits per heavy atom. The summed E-state index contributed by atoms with van der Waals surface area (Å²) in [5.41, 5.74) is -0.847. The first-order chi connectivity index (χ1) is 11.4. The molecule has 1 unspecified atom stereocenters. The molecule has 0 aromatic rings. The molecule has 7 nitrogen and oxygen atoms in total. The summed E-state index contributed by atoms with van der Waals surface area (Å²) in [6.45, 7) is 14.5. The third-order valence-electron chi connectivity index (χ3n) is 3.65. The van der Waals surface area contributed by atoms with E-state index >= 15 is 0 Å². The maximum absolute atomic E-state index is 10.6. The van der Waals surface area contributed by atoms with Gasteiger partial charge in [-0.15, -0.1) is 24.0 Å². The molecule has 1 saturated heterocycles. The Labute approximate surface area is 169 Å². The van der Waals surface area contributed by atoms with Crippen LogP contribution >= 0.6 is 24.0 Å². The summed E-state index contributed by atoms with van der Waals surface area (Å²) in [5.74, 6) is 0.740. The van der Waals surface area contributed by atoms with Gasteiger partial charge in [0.05, 0.1) is 31.5 Å². The van der Waals surface area contributed by atoms with E-state index in [0.29, 0.717) is 13.1 Å². The second-order valence-electron chi connectivity index (χ2n) is 6.78. The lowest BCUT2D eigenvalue weighted by atomic mass is 10.1. The molecule has 0 radical (unpaired) electrons. The van der Waals surface area contributed by atoms with E-state index in [9.17, 15) is 5.11 Å². The smallest absolute Gasteiger partial charge is 0.191 e. The highest BCUT2D eigenvalue weighted by molar-refractivity contribution is 14.0. The third-order valence-corrected chi connectivity index (χ3v) is 3.65. The fraction of sp³-hybridized carbons (Fsp3) is 0.941. The molecule has 1 aliphatic rings. The summed E-state index contributed by atoms with van der Waals surface area (Å²) in [6, 6.07) is 0. The molecule has 0 saturated carbocycles. The molecule has 25 heavy (non-hydrogen) atoms. The first kappa shape index (κ1) is 24.8. The number of ether oxygens (including phenoxy) is 2. The largest absolute Gasteiger partial charge is 0.387 e. The molecule has 0 aromatic heterocycles. The molecule has 1 atom stereocenters. The van der Waals surface area contributed by atoms with Gasteiger partial charge in [0.15, 0.2) is 5.96 Å². The monoisotopic (exact) mass is 472 g/mol. The molecule has 0 amide bonds. The van der Waals surface area contributed by atoms with Crippen LogP contribution in [0.1, 0.15) is 34.1 Å². The van der Waals surface area contributed by atoms with Gasteiger partial charge in [-0.05, 0) is 34.1 Å². The highest BCUT2D eigenvalue weighted by Crippen LogP contribution is 2.09. The number of nitrogens with one attached hydrogen (secondary N) is 2. The number of aliphatic imine (C=N–C) groups is 1. The van der Waals surface area contributed by atoms with Crippen molar-refractivity contribution in [3.8, 4) is 0 Å². The summed E-state index contributed by atoms with van der Waals surface area (Å²) in [4.78, 5) is 6.75. The maximum Gasteiger partial charge on any atom is 0.191 e. The van der Waals surface area contributed by atoms with E-state index in [-0.39, 0.29) is 30.1 Å². The quantitative estimate of drug-likeness (QED) is 0.191. The van der Waals surface area contributed by atoms with Crippen molar-refractivity contribution in [1.29, 1.82) is 0 Å². The van der Waals surface area contributed by atoms with Crippen molar-refractivity contribution in [3.05, 3.63) is 0 Å². The van der Waals surface area contributed by atoms with E-state index < -0.39 is 5.60 Å². The number of rotatable bonds is 10. The van der Waals surface area contributed by atoms with Gasteiger partial charge in [-0.25, -0.2) is 0 Å². The molecule has 0 aliphatic carbocycles. The topological polar surface area (TPSA) is 78.4 Å². The van der Waals surface area contributed by atoms with Gasteiger partial charge in [-0.2, -0.15) is 0 Å². The van der Waals surface area contributed by atoms with Gasteiger partial charge in [-0.1, -0.05) is 0 Å². The van der Waals surface area contributed by atoms with Gasteiger partial charge in [-0.3, -0.25) is 9.89 Å². The number of halogens is 1. The van der Waals surface area contributed by atoms with Crippen LogP contribution in [0.25, 0.3) is 0 Å². The second-order valence-corrected chi connectivity index (χ2v) is 6.78. The summed E-state index contributed by atoms with van der Waals surface area (Å²) in [7, 11) is 0. The molecular weight excluding hydrogens is 435 g/mol. The average Bonchev–Trinajstić information content (AvgIpc) is 2.52. The van der Waals surface area contributed by atoms with Crippen LogP contribution in [0.5, 0.6) is 0 Å². The van der Waals surface area contributed by atoms with Crippen molar-refractivity contribution in [2.24, 2.45) is 4.99 Å². The van der Waals surface area contributed by atoms with E-state index in [4.69, 9.17) is 9.47 Å². The summed E-state index contributed by atoms with van der Waals surface area (Å²) < 4.78 is 10.9. The van der Waals surface area contributed by atoms with Crippen LogP contribution in [0.4, 0.5) is 0 Å². The summed E-state index contributed by atoms with van der Waals surface area (Å²) in [5, 5.41) is 17.1. The first-order valence-corrected chi connectivity index (χ1v) is 9.09. The Balaban J connectivity index is 0.00000576. The van der Waals surface area contributed by atoms with Crippen LogP contribution in [0, 0.1) is 0 Å². The lowest BCUT2D eigenvalue weighted by Gasteiger charge is -2.33. The van der Waals surface area contributed by atoms with E-state index in [1.54, 1.807) is 0 Å². The number of nitrogens with zero attached hydrogens (tertiary/aromatic N) is 2. The number of morpholine rings is 1. The molecular formula is C17H37IN4O3. The number of aliphatic hydroxyl groups is 1. The van der Waals surface area contributed by atoms with Crippen LogP contribution in [-0.4, -0.2) is 86.8 Å². The Morgan fingerprint density at radius 3 is 2.60 bits per heavy atom. The minimum atomic E-state index is -0.847. The minimum Gasteiger partial charge on any atom is -0.387 e. The van der Waals surface area contributed by atoms with Crippen LogP contribution in [-0.2, 0) is 9.47 Å². The van der Waals surface area contributed by atoms with Gasteiger partial charge < -0.3 is 25.2 Å². The van der Waals surface area contributed by atoms with Crippen molar-refractivity contribution in [1.82, 2.24) is 15.5 Å². The molecule has 1 heterocycles. The van der Waals surface area contributed by atoms with Gasteiger partial charge in [0.2, 0.25) is 0 Å². The second kappa shape index (κ2) is 14.0. The zero-order valence-corrected chi connectivity index (χ0v) is 18.5. The molecule has 3 N–H and O–H groups in total. The number of hydrogen-bond donors (Lipinski definition) is 3. The zero-order valence-electron chi connectivity index (χ0n) is 16.2. The van der Waals surface area contributed by atoms with E-state index in [1.165, 1.54) is 0 Å². The van der Waals surface area contributed by atoms with E-state index in [1.807, 2.05) is 27.7 Å². The van der Waals surface area contributed by atoms with Gasteiger partial charge in [0, 0.05) is 39.3 Å². The molecule has 0 spiro atoms. The van der Waals surface area contributed by atoms with Gasteiger partial charge in [0.1, 0.15) is 0 Å². The molecule has 0 aromatic carbocycles. The maximum atomic E-state index is 10.6. The van der Waals surface area contributed by atoms with Gasteiger partial charge >= 0.3 is 0 Å². The normalized spacial score (nSPS) is 18.6. The fourth-order valence-electron chi connectivity index (χ4n) is 2.48. The minimum absolute atomic E-state index is 0. The average molecular weight is 472 g/mol. The molecule has 150 valence electrons. The van der Waals surface area contributed by atoms with Crippen LogP contribution < -0.4 is 10.6 Å². The predicted octanol–water partition coefficient (Wildman–Crippen LogP) is 1.06. The molecule has 8 heteroatoms. The fourth-order valence-corrected chi connectivity index (χ4v) is 2.48. The third kappa shape index (κ3) is 12.8. The number of hydrogen-bond acceptors (Lipinski definition) is 5. The summed E-state index contributed by atoms with van der Waals surface area (Å²) in [6.07, 6.45) is 1.19. The lowest BCUT2D eigenvalue weighted by Crippen LogP contribution is -2.48. The molecule has 1 rings (SSSR count). The van der Waals surface area contributed by atoms with Crippen molar-refractivity contribution in [2.75, 3.05) is 59.1 Å². The van der Waals surface area contributed by atoms with Crippen molar-refractivity contribution < 1.29 is 14.6 Å². The highest BCUT2D eigenvalue weighted by atomic mass is 127. The number of β-amino-alcohol motifs (C(OH)–C–C–N with tert-alkyl or cyclic N) is 1. The molecule has 1 aliphatic heterocycles. The Bertz CT molecular complexity index is 362. The van der Waals surface area contributed by atoms with Crippen molar-refractivity contribution in [2.45, 2.75) is 45.8 Å². The van der Waals surface area contributed by atoms with Crippen molar-refractivity contribution >= 4 is 29.9 Å². The standard InChI is InChI=1S/C17H36N4O3.HI/c1-5-18-16(19-7-6-10-24-15(2)3)20-13-17(4,22)14-21-8-11-23-12-9-21;/h15,22H,5-14H2,1-4H3,(H2,18,19,20);1H. The summed E-state index contributed by atoms with van der Waals surface area (Å²) >= 11 is 0. The van der Waals surface area contributed by atoms with Crippen LogP contribution in [0.2, 0.25) is 0 Å². The van der Waals surface area contributed by atoms with Crippen LogP contribution in [0.3, 0.4) is 0 Å². The molecule has 0 bridgehead atoms. The SMILES string of the molecule is CCNC(=NCC(C)(O)CN1CCOCC1)NCCCOC(C)C.I. The number of guanidine groups is 1.